The average molecular weight is 260 g/mol. The van der Waals surface area contributed by atoms with E-state index in [2.05, 4.69) is 10.1 Å². The third-order valence-electron chi connectivity index (χ3n) is 4.04. The van der Waals surface area contributed by atoms with Crippen LogP contribution in [0.1, 0.15) is 30.4 Å². The SMILES string of the molecule is O/N=C1/CCc2c(OCCN3CCCC3)cccc21. The molecule has 4 heteroatoms. The molecule has 1 saturated heterocycles. The average Bonchev–Trinajstić information content (AvgIpc) is 3.07. The van der Waals surface area contributed by atoms with Gasteiger partial charge in [-0.15, -0.1) is 0 Å². The van der Waals surface area contributed by atoms with Gasteiger partial charge in [0.2, 0.25) is 0 Å². The van der Waals surface area contributed by atoms with Gasteiger partial charge in [0.15, 0.2) is 0 Å². The second-order valence-corrected chi connectivity index (χ2v) is 5.23. The van der Waals surface area contributed by atoms with Crippen LogP contribution in [0.4, 0.5) is 0 Å². The quantitative estimate of drug-likeness (QED) is 0.667. The number of hydrogen-bond acceptors (Lipinski definition) is 4. The van der Waals surface area contributed by atoms with Crippen molar-refractivity contribution < 1.29 is 9.94 Å². The van der Waals surface area contributed by atoms with E-state index in [1.165, 1.54) is 31.5 Å². The Morgan fingerprint density at radius 3 is 2.84 bits per heavy atom. The maximum absolute atomic E-state index is 8.96. The molecule has 2 aliphatic rings. The van der Waals surface area contributed by atoms with Crippen LogP contribution >= 0.6 is 0 Å². The van der Waals surface area contributed by atoms with Gasteiger partial charge in [0.1, 0.15) is 12.4 Å². The molecule has 4 nitrogen and oxygen atoms in total. The van der Waals surface area contributed by atoms with Crippen molar-refractivity contribution in [2.45, 2.75) is 25.7 Å². The van der Waals surface area contributed by atoms with Crippen LogP contribution in [0.15, 0.2) is 23.4 Å². The minimum atomic E-state index is 0.738. The van der Waals surface area contributed by atoms with Crippen LogP contribution < -0.4 is 4.74 Å². The van der Waals surface area contributed by atoms with E-state index in [-0.39, 0.29) is 0 Å². The first kappa shape index (κ1) is 12.5. The normalized spacial score (nSPS) is 20.9. The van der Waals surface area contributed by atoms with Gasteiger partial charge in [0.25, 0.3) is 0 Å². The molecule has 1 aliphatic carbocycles. The predicted octanol–water partition coefficient (Wildman–Crippen LogP) is 2.29. The van der Waals surface area contributed by atoms with Crippen molar-refractivity contribution in [2.24, 2.45) is 5.16 Å². The summed E-state index contributed by atoms with van der Waals surface area (Å²) < 4.78 is 5.93. The molecule has 0 saturated carbocycles. The second-order valence-electron chi connectivity index (χ2n) is 5.23. The summed E-state index contributed by atoms with van der Waals surface area (Å²) in [7, 11) is 0. The molecule has 0 unspecified atom stereocenters. The van der Waals surface area contributed by atoms with Crippen LogP contribution in [0.25, 0.3) is 0 Å². The lowest BCUT2D eigenvalue weighted by Gasteiger charge is -2.16. The van der Waals surface area contributed by atoms with E-state index in [4.69, 9.17) is 9.94 Å². The van der Waals surface area contributed by atoms with Crippen LogP contribution in [0.3, 0.4) is 0 Å². The number of hydrogen-bond donors (Lipinski definition) is 1. The third kappa shape index (κ3) is 2.59. The lowest BCUT2D eigenvalue weighted by Crippen LogP contribution is -2.25. The summed E-state index contributed by atoms with van der Waals surface area (Å²) in [6.45, 7) is 4.15. The van der Waals surface area contributed by atoms with Crippen molar-refractivity contribution >= 4 is 5.71 Å². The van der Waals surface area contributed by atoms with Gasteiger partial charge in [0, 0.05) is 17.7 Å². The van der Waals surface area contributed by atoms with Gasteiger partial charge in [-0.3, -0.25) is 4.90 Å². The zero-order chi connectivity index (χ0) is 13.1. The first-order valence-corrected chi connectivity index (χ1v) is 7.07. The van der Waals surface area contributed by atoms with Crippen LogP contribution in [-0.4, -0.2) is 42.1 Å². The molecule has 1 fully saturated rings. The van der Waals surface area contributed by atoms with E-state index < -0.39 is 0 Å². The van der Waals surface area contributed by atoms with Gasteiger partial charge < -0.3 is 9.94 Å². The summed E-state index contributed by atoms with van der Waals surface area (Å²) in [5.41, 5.74) is 3.01. The third-order valence-corrected chi connectivity index (χ3v) is 4.04. The Kier molecular flexibility index (Phi) is 3.69. The topological polar surface area (TPSA) is 45.1 Å². The number of oxime groups is 1. The first-order valence-electron chi connectivity index (χ1n) is 7.07. The Morgan fingerprint density at radius 2 is 2.05 bits per heavy atom. The summed E-state index contributed by atoms with van der Waals surface area (Å²) in [4.78, 5) is 2.45. The van der Waals surface area contributed by atoms with Crippen LogP contribution in [0, 0.1) is 0 Å². The molecule has 102 valence electrons. The van der Waals surface area contributed by atoms with E-state index in [1.54, 1.807) is 0 Å². The number of fused-ring (bicyclic) bond motifs is 1. The van der Waals surface area contributed by atoms with Gasteiger partial charge in [-0.05, 0) is 44.8 Å². The Morgan fingerprint density at radius 1 is 1.21 bits per heavy atom. The number of likely N-dealkylation sites (tertiary alicyclic amines) is 1. The van der Waals surface area contributed by atoms with Crippen molar-refractivity contribution in [3.63, 3.8) is 0 Å². The Bertz CT molecular complexity index is 479. The van der Waals surface area contributed by atoms with Crippen LogP contribution in [-0.2, 0) is 6.42 Å². The molecule has 3 rings (SSSR count). The maximum atomic E-state index is 8.96. The van der Waals surface area contributed by atoms with E-state index in [1.807, 2.05) is 18.2 Å². The van der Waals surface area contributed by atoms with E-state index in [0.29, 0.717) is 0 Å². The minimum absolute atomic E-state index is 0.738. The van der Waals surface area contributed by atoms with Crippen molar-refractivity contribution in [2.75, 3.05) is 26.2 Å². The number of rotatable bonds is 4. The summed E-state index contributed by atoms with van der Waals surface area (Å²) >= 11 is 0. The highest BCUT2D eigenvalue weighted by Crippen LogP contribution is 2.30. The molecule has 0 bridgehead atoms. The molecule has 1 heterocycles. The number of benzene rings is 1. The molecule has 1 aliphatic heterocycles. The largest absolute Gasteiger partial charge is 0.492 e. The van der Waals surface area contributed by atoms with Gasteiger partial charge in [0.05, 0.1) is 5.71 Å². The highest BCUT2D eigenvalue weighted by Gasteiger charge is 2.21. The molecule has 19 heavy (non-hydrogen) atoms. The Balaban J connectivity index is 1.64. The Hall–Kier alpha value is -1.55. The second kappa shape index (κ2) is 5.61. The molecular formula is C15H20N2O2. The maximum Gasteiger partial charge on any atom is 0.123 e. The summed E-state index contributed by atoms with van der Waals surface area (Å²) in [5.74, 6) is 0.954. The Labute approximate surface area is 113 Å². The summed E-state index contributed by atoms with van der Waals surface area (Å²) in [6.07, 6.45) is 4.35. The van der Waals surface area contributed by atoms with Gasteiger partial charge in [-0.25, -0.2) is 0 Å². The van der Waals surface area contributed by atoms with E-state index in [9.17, 15) is 0 Å². The fourth-order valence-corrected chi connectivity index (χ4v) is 3.00. The minimum Gasteiger partial charge on any atom is -0.492 e. The molecule has 0 aromatic heterocycles. The molecule has 1 aromatic carbocycles. The lowest BCUT2D eigenvalue weighted by molar-refractivity contribution is 0.236. The smallest absolute Gasteiger partial charge is 0.123 e. The molecule has 1 aromatic rings. The van der Waals surface area contributed by atoms with Gasteiger partial charge in [-0.1, -0.05) is 17.3 Å². The van der Waals surface area contributed by atoms with E-state index >= 15 is 0 Å². The zero-order valence-electron chi connectivity index (χ0n) is 11.1. The zero-order valence-corrected chi connectivity index (χ0v) is 11.1. The highest BCUT2D eigenvalue weighted by atomic mass is 16.5. The van der Waals surface area contributed by atoms with Gasteiger partial charge in [-0.2, -0.15) is 0 Å². The number of nitrogens with zero attached hydrogens (tertiary/aromatic N) is 2. The van der Waals surface area contributed by atoms with Gasteiger partial charge >= 0.3 is 0 Å². The number of ether oxygens (including phenoxy) is 1. The summed E-state index contributed by atoms with van der Waals surface area (Å²) in [5, 5.41) is 12.3. The van der Waals surface area contributed by atoms with Crippen molar-refractivity contribution in [3.8, 4) is 5.75 Å². The fourth-order valence-electron chi connectivity index (χ4n) is 3.00. The van der Waals surface area contributed by atoms with Crippen molar-refractivity contribution in [3.05, 3.63) is 29.3 Å². The molecule has 0 atom stereocenters. The standard InChI is InChI=1S/C15H20N2O2/c18-16-14-7-6-13-12(14)4-3-5-15(13)19-11-10-17-8-1-2-9-17/h3-5,18H,1-2,6-11H2/b16-14-. The van der Waals surface area contributed by atoms with E-state index in [0.717, 1.165) is 43.0 Å². The molecule has 0 radical (unpaired) electrons. The molecule has 0 amide bonds. The molecular weight excluding hydrogens is 240 g/mol. The first-order chi connectivity index (χ1) is 9.38. The van der Waals surface area contributed by atoms with Crippen LogP contribution in [0.5, 0.6) is 5.75 Å². The van der Waals surface area contributed by atoms with Crippen LogP contribution in [0.2, 0.25) is 0 Å². The monoisotopic (exact) mass is 260 g/mol. The highest BCUT2D eigenvalue weighted by molar-refractivity contribution is 6.04. The van der Waals surface area contributed by atoms with Crippen molar-refractivity contribution in [1.29, 1.82) is 0 Å². The lowest BCUT2D eigenvalue weighted by atomic mass is 10.1. The summed E-state index contributed by atoms with van der Waals surface area (Å²) in [6, 6.07) is 5.99. The predicted molar refractivity (Wildman–Crippen MR) is 74.3 cm³/mol. The molecule has 0 spiro atoms. The molecule has 1 N–H and O–H groups in total. The van der Waals surface area contributed by atoms with Crippen molar-refractivity contribution in [1.82, 2.24) is 4.90 Å². The fraction of sp³-hybridized carbons (Fsp3) is 0.533.